The molecular weight excluding hydrogens is 204 g/mol. The van der Waals surface area contributed by atoms with Crippen LogP contribution in [-0.2, 0) is 6.54 Å². The molecule has 0 aliphatic carbocycles. The number of hydrogen-bond acceptors (Lipinski definition) is 3. The minimum Gasteiger partial charge on any atom is -0.305 e. The summed E-state index contributed by atoms with van der Waals surface area (Å²) in [5.41, 5.74) is 3.22. The minimum atomic E-state index is -0.0208. The van der Waals surface area contributed by atoms with Gasteiger partial charge in [-0.2, -0.15) is 0 Å². The standard InChI is InChI=1S/C11H16N4O/c1-7-8(2)13-10-9(6-14(3)4)5-12-15(10)11(7)16/h5,12H,6H2,1-4H3. The fourth-order valence-electron chi connectivity index (χ4n) is 1.71. The zero-order valence-electron chi connectivity index (χ0n) is 10.0. The summed E-state index contributed by atoms with van der Waals surface area (Å²) in [4.78, 5) is 18.4. The molecule has 0 aromatic carbocycles. The number of rotatable bonds is 2. The number of aromatic nitrogens is 3. The highest BCUT2D eigenvalue weighted by atomic mass is 16.1. The van der Waals surface area contributed by atoms with E-state index in [2.05, 4.69) is 10.1 Å². The summed E-state index contributed by atoms with van der Waals surface area (Å²) in [5, 5.41) is 2.94. The van der Waals surface area contributed by atoms with E-state index in [1.807, 2.05) is 32.1 Å². The Balaban J connectivity index is 2.69. The van der Waals surface area contributed by atoms with Crippen LogP contribution in [0, 0.1) is 13.8 Å². The molecule has 0 saturated heterocycles. The number of fused-ring (bicyclic) bond motifs is 1. The molecule has 86 valence electrons. The summed E-state index contributed by atoms with van der Waals surface area (Å²) in [7, 11) is 3.98. The summed E-state index contributed by atoms with van der Waals surface area (Å²) in [6, 6.07) is 0. The summed E-state index contributed by atoms with van der Waals surface area (Å²) < 4.78 is 1.50. The van der Waals surface area contributed by atoms with Crippen molar-refractivity contribution in [3.05, 3.63) is 33.4 Å². The predicted octanol–water partition coefficient (Wildman–Crippen LogP) is 0.701. The van der Waals surface area contributed by atoms with Gasteiger partial charge in [0.1, 0.15) is 0 Å². The molecule has 2 heterocycles. The molecule has 5 nitrogen and oxygen atoms in total. The van der Waals surface area contributed by atoms with E-state index in [1.165, 1.54) is 4.52 Å². The molecular formula is C11H16N4O. The Kier molecular flexibility index (Phi) is 2.55. The molecule has 16 heavy (non-hydrogen) atoms. The third kappa shape index (κ3) is 1.63. The first-order valence-corrected chi connectivity index (χ1v) is 5.21. The number of nitrogens with zero attached hydrogens (tertiary/aromatic N) is 3. The lowest BCUT2D eigenvalue weighted by molar-refractivity contribution is 0.403. The van der Waals surface area contributed by atoms with Gasteiger partial charge in [0.25, 0.3) is 5.56 Å². The van der Waals surface area contributed by atoms with Gasteiger partial charge in [-0.05, 0) is 27.9 Å². The maximum absolute atomic E-state index is 11.9. The van der Waals surface area contributed by atoms with Crippen LogP contribution in [0.2, 0.25) is 0 Å². The quantitative estimate of drug-likeness (QED) is 0.810. The first-order chi connectivity index (χ1) is 7.50. The van der Waals surface area contributed by atoms with E-state index in [0.717, 1.165) is 23.4 Å². The molecule has 0 fully saturated rings. The van der Waals surface area contributed by atoms with E-state index >= 15 is 0 Å². The average Bonchev–Trinajstić information content (AvgIpc) is 2.58. The second-order valence-corrected chi connectivity index (χ2v) is 4.32. The molecule has 0 bridgehead atoms. The van der Waals surface area contributed by atoms with Crippen molar-refractivity contribution in [2.24, 2.45) is 0 Å². The number of aromatic amines is 1. The molecule has 2 aromatic heterocycles. The maximum Gasteiger partial charge on any atom is 0.275 e. The van der Waals surface area contributed by atoms with Crippen LogP contribution in [0.5, 0.6) is 0 Å². The second-order valence-electron chi connectivity index (χ2n) is 4.32. The van der Waals surface area contributed by atoms with Crippen molar-refractivity contribution >= 4 is 5.65 Å². The van der Waals surface area contributed by atoms with Crippen LogP contribution in [0.3, 0.4) is 0 Å². The summed E-state index contributed by atoms with van der Waals surface area (Å²) >= 11 is 0. The molecule has 0 radical (unpaired) electrons. The Hall–Kier alpha value is -1.62. The lowest BCUT2D eigenvalue weighted by Crippen LogP contribution is -2.20. The number of hydrogen-bond donors (Lipinski definition) is 1. The van der Waals surface area contributed by atoms with Gasteiger partial charge in [-0.1, -0.05) is 0 Å². The van der Waals surface area contributed by atoms with E-state index in [4.69, 9.17) is 0 Å². The zero-order valence-corrected chi connectivity index (χ0v) is 10.0. The van der Waals surface area contributed by atoms with E-state index in [9.17, 15) is 4.79 Å². The van der Waals surface area contributed by atoms with Crippen molar-refractivity contribution in [3.8, 4) is 0 Å². The minimum absolute atomic E-state index is 0.0208. The highest BCUT2D eigenvalue weighted by Gasteiger charge is 2.10. The van der Waals surface area contributed by atoms with Crippen molar-refractivity contribution in [3.63, 3.8) is 0 Å². The fraction of sp³-hybridized carbons (Fsp3) is 0.455. The van der Waals surface area contributed by atoms with Crippen LogP contribution < -0.4 is 5.56 Å². The van der Waals surface area contributed by atoms with Gasteiger partial charge in [0.05, 0.1) is 0 Å². The van der Waals surface area contributed by atoms with Gasteiger partial charge >= 0.3 is 0 Å². The van der Waals surface area contributed by atoms with Gasteiger partial charge in [-0.15, -0.1) is 0 Å². The maximum atomic E-state index is 11.9. The molecule has 0 aliphatic rings. The van der Waals surface area contributed by atoms with Crippen molar-refractivity contribution in [2.45, 2.75) is 20.4 Å². The monoisotopic (exact) mass is 220 g/mol. The number of nitrogens with one attached hydrogen (secondary N) is 1. The van der Waals surface area contributed by atoms with Crippen LogP contribution in [0.15, 0.2) is 11.0 Å². The molecule has 0 unspecified atom stereocenters. The van der Waals surface area contributed by atoms with E-state index < -0.39 is 0 Å². The Morgan fingerprint density at radius 3 is 2.75 bits per heavy atom. The third-order valence-corrected chi connectivity index (χ3v) is 2.69. The zero-order chi connectivity index (χ0) is 11.9. The highest BCUT2D eigenvalue weighted by molar-refractivity contribution is 5.47. The molecule has 1 N–H and O–H groups in total. The normalized spacial score (nSPS) is 11.6. The van der Waals surface area contributed by atoms with Gasteiger partial charge in [0.15, 0.2) is 5.65 Å². The van der Waals surface area contributed by atoms with E-state index in [1.54, 1.807) is 6.92 Å². The van der Waals surface area contributed by atoms with Gasteiger partial charge in [-0.3, -0.25) is 9.89 Å². The summed E-state index contributed by atoms with van der Waals surface area (Å²) in [6.07, 6.45) is 1.84. The number of H-pyrrole nitrogens is 1. The van der Waals surface area contributed by atoms with Crippen molar-refractivity contribution in [1.29, 1.82) is 0 Å². The van der Waals surface area contributed by atoms with Crippen LogP contribution in [0.25, 0.3) is 5.65 Å². The number of aryl methyl sites for hydroxylation is 1. The smallest absolute Gasteiger partial charge is 0.275 e. The van der Waals surface area contributed by atoms with Crippen LogP contribution in [-0.4, -0.2) is 33.6 Å². The van der Waals surface area contributed by atoms with Crippen LogP contribution >= 0.6 is 0 Å². The first kappa shape index (κ1) is 10.9. The Bertz CT molecular complexity index is 579. The topological polar surface area (TPSA) is 53.4 Å². The SMILES string of the molecule is Cc1nc2c(CN(C)C)c[nH]n2c(=O)c1C. The van der Waals surface area contributed by atoms with Gasteiger partial charge in [0.2, 0.25) is 0 Å². The third-order valence-electron chi connectivity index (χ3n) is 2.69. The molecule has 0 amide bonds. The lowest BCUT2D eigenvalue weighted by Gasteiger charge is -2.07. The predicted molar refractivity (Wildman–Crippen MR) is 62.7 cm³/mol. The van der Waals surface area contributed by atoms with Gasteiger partial charge in [-0.25, -0.2) is 9.50 Å². The Morgan fingerprint density at radius 1 is 1.44 bits per heavy atom. The molecule has 0 saturated carbocycles. The summed E-state index contributed by atoms with van der Waals surface area (Å²) in [6.45, 7) is 4.43. The fourth-order valence-corrected chi connectivity index (χ4v) is 1.71. The van der Waals surface area contributed by atoms with Gasteiger partial charge in [0, 0.05) is 29.6 Å². The second kappa shape index (κ2) is 3.75. The molecule has 0 atom stereocenters. The van der Waals surface area contributed by atoms with Crippen molar-refractivity contribution in [2.75, 3.05) is 14.1 Å². The molecule has 0 aliphatic heterocycles. The highest BCUT2D eigenvalue weighted by Crippen LogP contribution is 2.09. The van der Waals surface area contributed by atoms with Gasteiger partial charge < -0.3 is 4.90 Å². The van der Waals surface area contributed by atoms with E-state index in [-0.39, 0.29) is 5.56 Å². The Labute approximate surface area is 93.7 Å². The molecule has 0 spiro atoms. The Morgan fingerprint density at radius 2 is 2.12 bits per heavy atom. The van der Waals surface area contributed by atoms with Crippen molar-refractivity contribution in [1.82, 2.24) is 19.5 Å². The lowest BCUT2D eigenvalue weighted by atomic mass is 10.2. The van der Waals surface area contributed by atoms with E-state index in [0.29, 0.717) is 5.56 Å². The van der Waals surface area contributed by atoms with Crippen LogP contribution in [0.4, 0.5) is 0 Å². The van der Waals surface area contributed by atoms with Crippen LogP contribution in [0.1, 0.15) is 16.8 Å². The molecule has 5 heteroatoms. The molecule has 2 aromatic rings. The largest absolute Gasteiger partial charge is 0.305 e. The average molecular weight is 220 g/mol. The first-order valence-electron chi connectivity index (χ1n) is 5.21. The summed E-state index contributed by atoms with van der Waals surface area (Å²) in [5.74, 6) is 0. The molecule has 2 rings (SSSR count). The van der Waals surface area contributed by atoms with Crippen molar-refractivity contribution < 1.29 is 0 Å².